The highest BCUT2D eigenvalue weighted by Crippen LogP contribution is 2.25. The van der Waals surface area contributed by atoms with Crippen molar-refractivity contribution in [3.05, 3.63) is 0 Å². The summed E-state index contributed by atoms with van der Waals surface area (Å²) >= 11 is 0. The van der Waals surface area contributed by atoms with Gasteiger partial charge < -0.3 is 15.1 Å². The van der Waals surface area contributed by atoms with Crippen molar-refractivity contribution < 1.29 is 19.8 Å². The quantitative estimate of drug-likeness (QED) is 0.615. The molecule has 2 N–H and O–H groups in total. The lowest BCUT2D eigenvalue weighted by Crippen LogP contribution is -2.32. The lowest BCUT2D eigenvalue weighted by molar-refractivity contribution is -0.140. The van der Waals surface area contributed by atoms with Crippen LogP contribution in [0.2, 0.25) is 0 Å². The highest BCUT2D eigenvalue weighted by molar-refractivity contribution is 5.77. The van der Waals surface area contributed by atoms with E-state index in [-0.39, 0.29) is 25.4 Å². The van der Waals surface area contributed by atoms with Crippen molar-refractivity contribution in [2.45, 2.75) is 46.0 Å². The standard InChI is InChI=1S/C13H25NO4/c1-13(2,10-12(17)18)9-11(16)14(3)7-5-4-6-8-15/h15H,4-10H2,1-3H3,(H,17,18). The van der Waals surface area contributed by atoms with Gasteiger partial charge in [0.05, 0.1) is 6.42 Å². The van der Waals surface area contributed by atoms with Gasteiger partial charge in [0.2, 0.25) is 5.91 Å². The summed E-state index contributed by atoms with van der Waals surface area (Å²) in [6, 6.07) is 0. The smallest absolute Gasteiger partial charge is 0.303 e. The van der Waals surface area contributed by atoms with Gasteiger partial charge in [-0.25, -0.2) is 0 Å². The Balaban J connectivity index is 4.02. The Morgan fingerprint density at radius 1 is 1.11 bits per heavy atom. The first kappa shape index (κ1) is 16.9. The number of hydrogen-bond acceptors (Lipinski definition) is 3. The van der Waals surface area contributed by atoms with Crippen molar-refractivity contribution in [3.8, 4) is 0 Å². The van der Waals surface area contributed by atoms with Crippen molar-refractivity contribution >= 4 is 11.9 Å². The molecular formula is C13H25NO4. The average molecular weight is 259 g/mol. The number of aliphatic hydroxyl groups excluding tert-OH is 1. The molecule has 5 nitrogen and oxygen atoms in total. The Labute approximate surface area is 109 Å². The van der Waals surface area contributed by atoms with Gasteiger partial charge in [-0.1, -0.05) is 13.8 Å². The van der Waals surface area contributed by atoms with Crippen LogP contribution < -0.4 is 0 Å². The predicted molar refractivity (Wildman–Crippen MR) is 69.2 cm³/mol. The van der Waals surface area contributed by atoms with Gasteiger partial charge >= 0.3 is 5.97 Å². The summed E-state index contributed by atoms with van der Waals surface area (Å²) in [4.78, 5) is 24.2. The lowest BCUT2D eigenvalue weighted by atomic mass is 9.85. The summed E-state index contributed by atoms with van der Waals surface area (Å²) in [5.74, 6) is -0.899. The normalized spacial score (nSPS) is 11.3. The van der Waals surface area contributed by atoms with Crippen molar-refractivity contribution in [1.82, 2.24) is 4.90 Å². The molecule has 0 aromatic carbocycles. The third-order valence-electron chi connectivity index (χ3n) is 2.84. The molecule has 0 rings (SSSR count). The molecule has 0 spiro atoms. The van der Waals surface area contributed by atoms with Gasteiger partial charge in [-0.2, -0.15) is 0 Å². The van der Waals surface area contributed by atoms with E-state index in [1.165, 1.54) is 0 Å². The number of amides is 1. The molecule has 5 heteroatoms. The number of aliphatic carboxylic acids is 1. The van der Waals surface area contributed by atoms with E-state index in [9.17, 15) is 9.59 Å². The van der Waals surface area contributed by atoms with Gasteiger partial charge in [0.1, 0.15) is 0 Å². The van der Waals surface area contributed by atoms with Gasteiger partial charge in [0.15, 0.2) is 0 Å². The molecule has 0 aromatic heterocycles. The highest BCUT2D eigenvalue weighted by Gasteiger charge is 2.26. The van der Waals surface area contributed by atoms with Crippen molar-refractivity contribution in [1.29, 1.82) is 0 Å². The van der Waals surface area contributed by atoms with Gasteiger partial charge in [0, 0.05) is 26.6 Å². The summed E-state index contributed by atoms with van der Waals surface area (Å²) in [6.07, 6.45) is 2.76. The summed E-state index contributed by atoms with van der Waals surface area (Å²) in [5.41, 5.74) is -0.512. The minimum atomic E-state index is -0.876. The molecule has 0 bridgehead atoms. The molecule has 1 amide bonds. The Morgan fingerprint density at radius 3 is 2.22 bits per heavy atom. The van der Waals surface area contributed by atoms with E-state index in [2.05, 4.69) is 0 Å². The second-order valence-corrected chi connectivity index (χ2v) is 5.51. The van der Waals surface area contributed by atoms with Crippen LogP contribution in [0.5, 0.6) is 0 Å². The molecule has 106 valence electrons. The van der Waals surface area contributed by atoms with Crippen LogP contribution in [0, 0.1) is 5.41 Å². The molecule has 0 saturated heterocycles. The summed E-state index contributed by atoms with van der Waals surface area (Å²) in [7, 11) is 1.73. The number of carboxylic acid groups (broad SMARTS) is 1. The van der Waals surface area contributed by atoms with Crippen LogP contribution in [0.4, 0.5) is 0 Å². The summed E-state index contributed by atoms with van der Waals surface area (Å²) in [5, 5.41) is 17.4. The fourth-order valence-corrected chi connectivity index (χ4v) is 1.78. The molecule has 0 aliphatic carbocycles. The molecule has 0 aromatic rings. The molecule has 0 heterocycles. The first-order valence-corrected chi connectivity index (χ1v) is 6.35. The van der Waals surface area contributed by atoms with E-state index in [1.54, 1.807) is 25.8 Å². The predicted octanol–water partition coefficient (Wildman–Crippen LogP) is 1.50. The molecular weight excluding hydrogens is 234 g/mol. The van der Waals surface area contributed by atoms with Gasteiger partial charge in [-0.3, -0.25) is 9.59 Å². The van der Waals surface area contributed by atoms with Crippen molar-refractivity contribution in [3.63, 3.8) is 0 Å². The molecule has 0 unspecified atom stereocenters. The van der Waals surface area contributed by atoms with Gasteiger partial charge in [-0.15, -0.1) is 0 Å². The number of carbonyl (C=O) groups is 2. The number of nitrogens with zero attached hydrogens (tertiary/aromatic N) is 1. The molecule has 0 radical (unpaired) electrons. The minimum absolute atomic E-state index is 0.00288. The Morgan fingerprint density at radius 2 is 1.72 bits per heavy atom. The van der Waals surface area contributed by atoms with E-state index in [4.69, 9.17) is 10.2 Å². The third-order valence-corrected chi connectivity index (χ3v) is 2.84. The highest BCUT2D eigenvalue weighted by atomic mass is 16.4. The first-order valence-electron chi connectivity index (χ1n) is 6.35. The number of unbranched alkanes of at least 4 members (excludes halogenated alkanes) is 2. The van der Waals surface area contributed by atoms with Crippen molar-refractivity contribution in [2.75, 3.05) is 20.2 Å². The van der Waals surface area contributed by atoms with Gasteiger partial charge in [-0.05, 0) is 24.7 Å². The minimum Gasteiger partial charge on any atom is -0.481 e. The van der Waals surface area contributed by atoms with Crippen LogP contribution in [0.3, 0.4) is 0 Å². The average Bonchev–Trinajstić information content (AvgIpc) is 2.21. The first-order chi connectivity index (χ1) is 8.28. The zero-order valence-electron chi connectivity index (χ0n) is 11.6. The summed E-state index contributed by atoms with van der Waals surface area (Å²) in [6.45, 7) is 4.42. The largest absolute Gasteiger partial charge is 0.481 e. The lowest BCUT2D eigenvalue weighted by Gasteiger charge is -2.25. The van der Waals surface area contributed by atoms with E-state index in [0.717, 1.165) is 19.3 Å². The van der Waals surface area contributed by atoms with E-state index >= 15 is 0 Å². The molecule has 0 fully saturated rings. The van der Waals surface area contributed by atoms with Crippen LogP contribution >= 0.6 is 0 Å². The third kappa shape index (κ3) is 8.06. The second-order valence-electron chi connectivity index (χ2n) is 5.51. The second kappa shape index (κ2) is 8.08. The Hall–Kier alpha value is -1.10. The molecule has 0 aliphatic heterocycles. The van der Waals surface area contributed by atoms with Crippen LogP contribution in [0.15, 0.2) is 0 Å². The monoisotopic (exact) mass is 259 g/mol. The fourth-order valence-electron chi connectivity index (χ4n) is 1.78. The zero-order chi connectivity index (χ0) is 14.2. The van der Waals surface area contributed by atoms with Crippen LogP contribution in [0.25, 0.3) is 0 Å². The summed E-state index contributed by atoms with van der Waals surface area (Å²) < 4.78 is 0. The number of aliphatic hydroxyl groups is 1. The number of hydrogen-bond donors (Lipinski definition) is 2. The van der Waals surface area contributed by atoms with E-state index in [0.29, 0.717) is 6.54 Å². The molecule has 0 atom stereocenters. The van der Waals surface area contributed by atoms with Crippen LogP contribution in [-0.2, 0) is 9.59 Å². The Bertz CT molecular complexity index is 276. The maximum absolute atomic E-state index is 11.9. The van der Waals surface area contributed by atoms with Gasteiger partial charge in [0.25, 0.3) is 0 Å². The fraction of sp³-hybridized carbons (Fsp3) is 0.846. The maximum atomic E-state index is 11.9. The van der Waals surface area contributed by atoms with Crippen LogP contribution in [-0.4, -0.2) is 47.2 Å². The maximum Gasteiger partial charge on any atom is 0.303 e. The number of rotatable bonds is 9. The van der Waals surface area contributed by atoms with E-state index in [1.807, 2.05) is 0 Å². The zero-order valence-corrected chi connectivity index (χ0v) is 11.6. The van der Waals surface area contributed by atoms with E-state index < -0.39 is 11.4 Å². The number of carboxylic acids is 1. The van der Waals surface area contributed by atoms with Crippen LogP contribution in [0.1, 0.15) is 46.0 Å². The SMILES string of the molecule is CN(CCCCCO)C(=O)CC(C)(C)CC(=O)O. The molecule has 0 aliphatic rings. The molecule has 0 saturated carbocycles. The number of carbonyl (C=O) groups excluding carboxylic acids is 1. The Kier molecular flexibility index (Phi) is 7.59. The molecule has 18 heavy (non-hydrogen) atoms. The topological polar surface area (TPSA) is 77.8 Å². The van der Waals surface area contributed by atoms with Crippen molar-refractivity contribution in [2.24, 2.45) is 5.41 Å².